The van der Waals surface area contributed by atoms with Gasteiger partial charge in [-0.3, -0.25) is 4.79 Å². The number of aromatic amines is 1. The molecular weight excluding hydrogens is 264 g/mol. The maximum atomic E-state index is 11.8. The van der Waals surface area contributed by atoms with Crippen LogP contribution in [0.25, 0.3) is 0 Å². The fraction of sp³-hybridized carbons (Fsp3) is 0.154. The first-order chi connectivity index (χ1) is 8.97. The smallest absolute Gasteiger partial charge is 0.251 e. The van der Waals surface area contributed by atoms with Crippen molar-refractivity contribution in [1.29, 1.82) is 0 Å². The molecule has 6 heteroatoms. The molecule has 0 bridgehead atoms. The molecule has 0 atom stereocenters. The fourth-order valence-electron chi connectivity index (χ4n) is 1.61. The maximum Gasteiger partial charge on any atom is 0.251 e. The number of aromatic nitrogens is 1. The Morgan fingerprint density at radius 1 is 1.21 bits per heavy atom. The zero-order chi connectivity index (χ0) is 13.9. The van der Waals surface area contributed by atoms with Crippen LogP contribution in [-0.4, -0.2) is 25.6 Å². The number of rotatable bonds is 4. The molecule has 0 saturated heterocycles. The summed E-state index contributed by atoms with van der Waals surface area (Å²) < 4.78 is 22.6. The van der Waals surface area contributed by atoms with E-state index in [-0.39, 0.29) is 10.8 Å². The van der Waals surface area contributed by atoms with Crippen LogP contribution in [-0.2, 0) is 16.4 Å². The van der Waals surface area contributed by atoms with E-state index in [9.17, 15) is 13.2 Å². The highest BCUT2D eigenvalue weighted by Gasteiger charge is 2.09. The van der Waals surface area contributed by atoms with Crippen LogP contribution in [0.1, 0.15) is 16.1 Å². The van der Waals surface area contributed by atoms with Crippen LogP contribution in [0, 0.1) is 0 Å². The summed E-state index contributed by atoms with van der Waals surface area (Å²) in [4.78, 5) is 15.0. The Bertz CT molecular complexity index is 658. The van der Waals surface area contributed by atoms with E-state index in [1.165, 1.54) is 24.3 Å². The summed E-state index contributed by atoms with van der Waals surface area (Å²) in [6.07, 6.45) is 2.91. The highest BCUT2D eigenvalue weighted by molar-refractivity contribution is 7.90. The van der Waals surface area contributed by atoms with Crippen LogP contribution in [0.2, 0.25) is 0 Å². The number of hydrogen-bond donors (Lipinski definition) is 2. The van der Waals surface area contributed by atoms with Crippen molar-refractivity contribution in [2.75, 3.05) is 6.26 Å². The highest BCUT2D eigenvalue weighted by Crippen LogP contribution is 2.10. The first-order valence-electron chi connectivity index (χ1n) is 5.67. The van der Waals surface area contributed by atoms with Gasteiger partial charge in [-0.25, -0.2) is 8.42 Å². The van der Waals surface area contributed by atoms with Gasteiger partial charge in [0.2, 0.25) is 0 Å². The number of benzene rings is 1. The second-order valence-corrected chi connectivity index (χ2v) is 6.19. The van der Waals surface area contributed by atoms with Crippen LogP contribution in [0.5, 0.6) is 0 Å². The lowest BCUT2D eigenvalue weighted by molar-refractivity contribution is 0.0950. The lowest BCUT2D eigenvalue weighted by Crippen LogP contribution is -2.22. The van der Waals surface area contributed by atoms with Gasteiger partial charge in [-0.05, 0) is 36.4 Å². The van der Waals surface area contributed by atoms with Crippen molar-refractivity contribution in [3.05, 3.63) is 53.9 Å². The Kier molecular flexibility index (Phi) is 3.71. The minimum absolute atomic E-state index is 0.202. The normalized spacial score (nSPS) is 11.2. The monoisotopic (exact) mass is 278 g/mol. The summed E-state index contributed by atoms with van der Waals surface area (Å²) in [6, 6.07) is 9.58. The molecule has 1 aromatic carbocycles. The molecule has 1 aromatic heterocycles. The average Bonchev–Trinajstić information content (AvgIpc) is 2.88. The third kappa shape index (κ3) is 3.45. The molecule has 19 heavy (non-hydrogen) atoms. The number of nitrogens with one attached hydrogen (secondary N) is 2. The van der Waals surface area contributed by atoms with Crippen LogP contribution in [0.3, 0.4) is 0 Å². The number of hydrogen-bond acceptors (Lipinski definition) is 3. The number of H-pyrrole nitrogens is 1. The molecule has 0 aliphatic heterocycles. The molecule has 1 heterocycles. The second kappa shape index (κ2) is 5.27. The molecule has 5 nitrogen and oxygen atoms in total. The van der Waals surface area contributed by atoms with Gasteiger partial charge in [-0.1, -0.05) is 0 Å². The van der Waals surface area contributed by atoms with Crippen molar-refractivity contribution in [1.82, 2.24) is 10.3 Å². The highest BCUT2D eigenvalue weighted by atomic mass is 32.2. The number of carbonyl (C=O) groups excluding carboxylic acids is 1. The predicted molar refractivity (Wildman–Crippen MR) is 71.5 cm³/mol. The largest absolute Gasteiger partial charge is 0.364 e. The lowest BCUT2D eigenvalue weighted by Gasteiger charge is -2.05. The molecule has 0 aliphatic rings. The van der Waals surface area contributed by atoms with Crippen molar-refractivity contribution >= 4 is 15.7 Å². The van der Waals surface area contributed by atoms with Gasteiger partial charge < -0.3 is 10.3 Å². The van der Waals surface area contributed by atoms with E-state index in [2.05, 4.69) is 10.3 Å². The first kappa shape index (κ1) is 13.4. The van der Waals surface area contributed by atoms with Gasteiger partial charge in [-0.2, -0.15) is 0 Å². The van der Waals surface area contributed by atoms with Crippen molar-refractivity contribution in [2.24, 2.45) is 0 Å². The lowest BCUT2D eigenvalue weighted by atomic mass is 10.2. The van der Waals surface area contributed by atoms with E-state index >= 15 is 0 Å². The quantitative estimate of drug-likeness (QED) is 0.886. The van der Waals surface area contributed by atoms with E-state index in [0.29, 0.717) is 12.1 Å². The van der Waals surface area contributed by atoms with Gasteiger partial charge in [0.1, 0.15) is 0 Å². The molecule has 2 N–H and O–H groups in total. The molecule has 0 spiro atoms. The van der Waals surface area contributed by atoms with Gasteiger partial charge in [0.15, 0.2) is 9.84 Å². The topological polar surface area (TPSA) is 79.0 Å². The Morgan fingerprint density at radius 2 is 1.89 bits per heavy atom. The summed E-state index contributed by atoms with van der Waals surface area (Å²) in [5.74, 6) is -0.241. The van der Waals surface area contributed by atoms with Crippen molar-refractivity contribution in [2.45, 2.75) is 11.4 Å². The number of amides is 1. The number of sulfone groups is 1. The molecule has 2 rings (SSSR count). The molecule has 0 saturated carbocycles. The summed E-state index contributed by atoms with van der Waals surface area (Å²) >= 11 is 0. The second-order valence-electron chi connectivity index (χ2n) is 4.17. The summed E-state index contributed by atoms with van der Waals surface area (Å²) in [5, 5.41) is 2.74. The maximum absolute atomic E-state index is 11.8. The third-order valence-electron chi connectivity index (χ3n) is 2.65. The zero-order valence-corrected chi connectivity index (χ0v) is 11.2. The summed E-state index contributed by atoms with van der Waals surface area (Å²) in [6.45, 7) is 0.402. The SMILES string of the molecule is CS(=O)(=O)c1ccc(C(=O)NCc2ccc[nH]2)cc1. The minimum Gasteiger partial charge on any atom is -0.364 e. The van der Waals surface area contributed by atoms with Gasteiger partial charge in [-0.15, -0.1) is 0 Å². The van der Waals surface area contributed by atoms with Crippen LogP contribution >= 0.6 is 0 Å². The molecule has 0 radical (unpaired) electrons. The predicted octanol–water partition coefficient (Wildman–Crippen LogP) is 1.35. The number of carbonyl (C=O) groups is 1. The van der Waals surface area contributed by atoms with Gasteiger partial charge in [0, 0.05) is 23.7 Å². The van der Waals surface area contributed by atoms with Crippen LogP contribution in [0.4, 0.5) is 0 Å². The van der Waals surface area contributed by atoms with Crippen molar-refractivity contribution in [3.8, 4) is 0 Å². The van der Waals surface area contributed by atoms with Gasteiger partial charge >= 0.3 is 0 Å². The Labute approximate surface area is 111 Å². The molecule has 1 amide bonds. The van der Waals surface area contributed by atoms with Gasteiger partial charge in [0.05, 0.1) is 11.4 Å². The van der Waals surface area contributed by atoms with Crippen molar-refractivity contribution in [3.63, 3.8) is 0 Å². The van der Waals surface area contributed by atoms with Crippen LogP contribution < -0.4 is 5.32 Å². The third-order valence-corrected chi connectivity index (χ3v) is 3.77. The van der Waals surface area contributed by atoms with E-state index in [1.54, 1.807) is 6.20 Å². The summed E-state index contributed by atoms with van der Waals surface area (Å²) in [7, 11) is -3.23. The molecule has 100 valence electrons. The Balaban J connectivity index is 2.04. The molecule has 0 unspecified atom stereocenters. The fourth-order valence-corrected chi connectivity index (χ4v) is 2.24. The van der Waals surface area contributed by atoms with Crippen LogP contribution in [0.15, 0.2) is 47.5 Å². The standard InChI is InChI=1S/C13H14N2O3S/c1-19(17,18)12-6-4-10(5-7-12)13(16)15-9-11-3-2-8-14-11/h2-8,14H,9H2,1H3,(H,15,16). The Morgan fingerprint density at radius 3 is 2.42 bits per heavy atom. The van der Waals surface area contributed by atoms with Gasteiger partial charge in [0.25, 0.3) is 5.91 Å². The molecular formula is C13H14N2O3S. The summed E-state index contributed by atoms with van der Waals surface area (Å²) in [5.41, 5.74) is 1.33. The average molecular weight is 278 g/mol. The van der Waals surface area contributed by atoms with Crippen molar-refractivity contribution < 1.29 is 13.2 Å². The molecule has 0 fully saturated rings. The molecule has 2 aromatic rings. The minimum atomic E-state index is -3.23. The first-order valence-corrected chi connectivity index (χ1v) is 7.56. The Hall–Kier alpha value is -2.08. The van der Waals surface area contributed by atoms with E-state index in [0.717, 1.165) is 11.9 Å². The van der Waals surface area contributed by atoms with E-state index in [1.807, 2.05) is 12.1 Å². The van der Waals surface area contributed by atoms with E-state index in [4.69, 9.17) is 0 Å². The van der Waals surface area contributed by atoms with E-state index < -0.39 is 9.84 Å². The molecule has 0 aliphatic carbocycles. The zero-order valence-electron chi connectivity index (χ0n) is 10.4.